The SMILES string of the molecule is Brc1csc(Br)n1.O=C(c1nc(Br)cs1)c1cccnc1F. The molecule has 10 heteroatoms. The number of pyridine rings is 1. The van der Waals surface area contributed by atoms with Crippen LogP contribution in [-0.4, -0.2) is 20.7 Å². The summed E-state index contributed by atoms with van der Waals surface area (Å²) in [4.78, 5) is 23.0. The first-order chi connectivity index (χ1) is 10.5. The summed E-state index contributed by atoms with van der Waals surface area (Å²) >= 11 is 12.3. The second kappa shape index (κ2) is 8.34. The van der Waals surface area contributed by atoms with Crippen molar-refractivity contribution in [2.75, 3.05) is 0 Å². The van der Waals surface area contributed by atoms with Crippen molar-refractivity contribution in [3.8, 4) is 0 Å². The number of rotatable bonds is 2. The lowest BCUT2D eigenvalue weighted by Crippen LogP contribution is -2.04. The number of ketones is 1. The van der Waals surface area contributed by atoms with Gasteiger partial charge in [-0.2, -0.15) is 4.39 Å². The fourth-order valence-corrected chi connectivity index (χ4v) is 4.15. The number of hydrogen-bond donors (Lipinski definition) is 0. The van der Waals surface area contributed by atoms with Gasteiger partial charge in [0.25, 0.3) is 0 Å². The van der Waals surface area contributed by atoms with Crippen LogP contribution in [0.3, 0.4) is 0 Å². The van der Waals surface area contributed by atoms with Gasteiger partial charge in [-0.25, -0.2) is 15.0 Å². The second-order valence-electron chi connectivity index (χ2n) is 3.57. The molecule has 22 heavy (non-hydrogen) atoms. The molecule has 0 bridgehead atoms. The highest BCUT2D eigenvalue weighted by molar-refractivity contribution is 9.11. The normalized spacial score (nSPS) is 10.0. The number of thiazole rings is 2. The quantitative estimate of drug-likeness (QED) is 0.332. The number of carbonyl (C=O) groups is 1. The number of halogens is 4. The molecule has 3 heterocycles. The van der Waals surface area contributed by atoms with Gasteiger partial charge in [-0.05, 0) is 59.9 Å². The Bertz CT molecular complexity index is 777. The highest BCUT2D eigenvalue weighted by Crippen LogP contribution is 2.19. The van der Waals surface area contributed by atoms with Crippen molar-refractivity contribution >= 4 is 76.2 Å². The smallest absolute Gasteiger partial charge is 0.226 e. The molecule has 0 fully saturated rings. The van der Waals surface area contributed by atoms with Crippen LogP contribution in [0.5, 0.6) is 0 Å². The summed E-state index contributed by atoms with van der Waals surface area (Å²) in [5.74, 6) is -1.22. The Morgan fingerprint density at radius 2 is 1.77 bits per heavy atom. The summed E-state index contributed by atoms with van der Waals surface area (Å²) in [6.07, 6.45) is 1.30. The standard InChI is InChI=1S/C9H4BrFN2OS.C3HBr2NS/c10-6-4-15-9(13-6)7(14)5-2-1-3-12-8(5)11;4-2-1-7-3(5)6-2/h1-4H;1H. The van der Waals surface area contributed by atoms with Gasteiger partial charge in [0.05, 0.1) is 5.56 Å². The first kappa shape index (κ1) is 17.8. The molecular formula is C12H5Br3FN3OS2. The zero-order valence-electron chi connectivity index (χ0n) is 10.5. The van der Waals surface area contributed by atoms with E-state index >= 15 is 0 Å². The molecule has 114 valence electrons. The molecule has 0 spiro atoms. The van der Waals surface area contributed by atoms with Crippen molar-refractivity contribution in [2.45, 2.75) is 0 Å². The highest BCUT2D eigenvalue weighted by atomic mass is 79.9. The van der Waals surface area contributed by atoms with Gasteiger partial charge in [0, 0.05) is 17.0 Å². The van der Waals surface area contributed by atoms with Crippen LogP contribution in [-0.2, 0) is 0 Å². The molecule has 0 saturated heterocycles. The maximum atomic E-state index is 13.2. The van der Waals surface area contributed by atoms with Gasteiger partial charge < -0.3 is 0 Å². The lowest BCUT2D eigenvalue weighted by molar-refractivity contribution is 0.103. The van der Waals surface area contributed by atoms with Gasteiger partial charge in [-0.15, -0.1) is 22.7 Å². The summed E-state index contributed by atoms with van der Waals surface area (Å²) in [5.41, 5.74) is -0.0562. The number of hydrogen-bond acceptors (Lipinski definition) is 6. The van der Waals surface area contributed by atoms with Crippen LogP contribution < -0.4 is 0 Å². The topological polar surface area (TPSA) is 55.7 Å². The Hall–Kier alpha value is -0.550. The Balaban J connectivity index is 0.000000211. The average Bonchev–Trinajstić information content (AvgIpc) is 3.08. The molecule has 0 aliphatic rings. The van der Waals surface area contributed by atoms with Gasteiger partial charge in [0.2, 0.25) is 11.7 Å². The van der Waals surface area contributed by atoms with Crippen LogP contribution >= 0.6 is 70.5 Å². The lowest BCUT2D eigenvalue weighted by atomic mass is 10.2. The second-order valence-corrected chi connectivity index (χ2v) is 8.19. The fraction of sp³-hybridized carbons (Fsp3) is 0. The van der Waals surface area contributed by atoms with Crippen LogP contribution in [0.15, 0.2) is 42.2 Å². The maximum absolute atomic E-state index is 13.2. The first-order valence-electron chi connectivity index (χ1n) is 5.50. The van der Waals surface area contributed by atoms with Crippen LogP contribution in [0.1, 0.15) is 15.4 Å². The van der Waals surface area contributed by atoms with E-state index in [1.54, 1.807) is 16.7 Å². The van der Waals surface area contributed by atoms with Gasteiger partial charge in [-0.1, -0.05) is 0 Å². The van der Waals surface area contributed by atoms with E-state index in [4.69, 9.17) is 0 Å². The summed E-state index contributed by atoms with van der Waals surface area (Å²) in [6, 6.07) is 2.90. The van der Waals surface area contributed by atoms with E-state index in [2.05, 4.69) is 62.7 Å². The molecule has 0 aliphatic heterocycles. The zero-order valence-corrected chi connectivity index (χ0v) is 16.9. The van der Waals surface area contributed by atoms with E-state index in [-0.39, 0.29) is 10.6 Å². The van der Waals surface area contributed by atoms with Gasteiger partial charge in [0.15, 0.2) is 8.92 Å². The van der Waals surface area contributed by atoms with E-state index in [0.717, 1.165) is 19.9 Å². The predicted octanol–water partition coefficient (Wildman–Crippen LogP) is 5.34. The predicted molar refractivity (Wildman–Crippen MR) is 95.0 cm³/mol. The number of aromatic nitrogens is 3. The summed E-state index contributed by atoms with van der Waals surface area (Å²) in [6.45, 7) is 0. The minimum Gasteiger partial charge on any atom is -0.286 e. The van der Waals surface area contributed by atoms with E-state index in [1.165, 1.54) is 18.3 Å². The average molecular weight is 530 g/mol. The summed E-state index contributed by atoms with van der Waals surface area (Å²) < 4.78 is 15.5. The maximum Gasteiger partial charge on any atom is 0.226 e. The molecule has 4 nitrogen and oxygen atoms in total. The van der Waals surface area contributed by atoms with Crippen molar-refractivity contribution < 1.29 is 9.18 Å². The van der Waals surface area contributed by atoms with Gasteiger partial charge in [0.1, 0.15) is 9.21 Å². The van der Waals surface area contributed by atoms with Crippen molar-refractivity contribution in [1.29, 1.82) is 0 Å². The number of carbonyl (C=O) groups excluding carboxylic acids is 1. The largest absolute Gasteiger partial charge is 0.286 e. The van der Waals surface area contributed by atoms with Crippen molar-refractivity contribution in [3.63, 3.8) is 0 Å². The molecule has 0 aliphatic carbocycles. The lowest BCUT2D eigenvalue weighted by Gasteiger charge is -1.96. The van der Waals surface area contributed by atoms with E-state index in [9.17, 15) is 9.18 Å². The fourth-order valence-electron chi connectivity index (χ4n) is 1.26. The van der Waals surface area contributed by atoms with Crippen LogP contribution in [0.25, 0.3) is 0 Å². The van der Waals surface area contributed by atoms with Crippen LogP contribution in [0.2, 0.25) is 0 Å². The molecule has 3 aromatic rings. The van der Waals surface area contributed by atoms with E-state index in [1.807, 2.05) is 5.38 Å². The highest BCUT2D eigenvalue weighted by Gasteiger charge is 2.17. The van der Waals surface area contributed by atoms with E-state index in [0.29, 0.717) is 4.60 Å². The van der Waals surface area contributed by atoms with Gasteiger partial charge >= 0.3 is 0 Å². The Morgan fingerprint density at radius 1 is 1.09 bits per heavy atom. The Kier molecular flexibility index (Phi) is 6.75. The third kappa shape index (κ3) is 4.98. The van der Waals surface area contributed by atoms with Crippen molar-refractivity contribution in [3.05, 3.63) is 58.7 Å². The molecule has 0 saturated carbocycles. The molecule has 3 aromatic heterocycles. The molecule has 0 atom stereocenters. The molecule has 0 radical (unpaired) electrons. The Labute approximate surface area is 158 Å². The minimum atomic E-state index is -0.770. The Morgan fingerprint density at radius 3 is 2.23 bits per heavy atom. The van der Waals surface area contributed by atoms with Crippen molar-refractivity contribution in [1.82, 2.24) is 15.0 Å². The van der Waals surface area contributed by atoms with E-state index < -0.39 is 11.7 Å². The molecule has 0 unspecified atom stereocenters. The third-order valence-corrected chi connectivity index (χ3v) is 5.75. The molecule has 0 amide bonds. The zero-order chi connectivity index (χ0) is 16.1. The minimum absolute atomic E-state index is 0.0562. The number of nitrogens with zero attached hydrogens (tertiary/aromatic N) is 3. The van der Waals surface area contributed by atoms with Crippen LogP contribution in [0.4, 0.5) is 4.39 Å². The summed E-state index contributed by atoms with van der Waals surface area (Å²) in [5, 5.41) is 3.83. The molecule has 0 N–H and O–H groups in total. The molecule has 0 aromatic carbocycles. The monoisotopic (exact) mass is 527 g/mol. The molecule has 3 rings (SSSR count). The van der Waals surface area contributed by atoms with Crippen LogP contribution in [0, 0.1) is 5.95 Å². The third-order valence-electron chi connectivity index (χ3n) is 2.12. The summed E-state index contributed by atoms with van der Waals surface area (Å²) in [7, 11) is 0. The van der Waals surface area contributed by atoms with Crippen molar-refractivity contribution in [2.24, 2.45) is 0 Å². The molecular weight excluding hydrogens is 525 g/mol. The van der Waals surface area contributed by atoms with Gasteiger partial charge in [-0.3, -0.25) is 4.79 Å². The first-order valence-corrected chi connectivity index (χ1v) is 9.64.